The Labute approximate surface area is 64.5 Å². The molecule has 0 aliphatic carbocycles. The highest BCUT2D eigenvalue weighted by Gasteiger charge is 1.93. The van der Waals surface area contributed by atoms with Crippen molar-refractivity contribution in [2.24, 2.45) is 0 Å². The van der Waals surface area contributed by atoms with E-state index in [0.29, 0.717) is 0 Å². The van der Waals surface area contributed by atoms with E-state index in [0.717, 1.165) is 11.9 Å². The van der Waals surface area contributed by atoms with Crippen molar-refractivity contribution in [2.45, 2.75) is 26.2 Å². The van der Waals surface area contributed by atoms with Crippen molar-refractivity contribution in [3.05, 3.63) is 11.9 Å². The summed E-state index contributed by atoms with van der Waals surface area (Å²) in [7, 11) is 3.30. The van der Waals surface area contributed by atoms with Gasteiger partial charge in [0, 0.05) is 11.9 Å². The Morgan fingerprint density at radius 1 is 1.70 bits per heavy atom. The Bertz CT molecular complexity index is 195. The van der Waals surface area contributed by atoms with Crippen LogP contribution in [0.2, 0.25) is 0 Å². The minimum atomic E-state index is 0.825. The van der Waals surface area contributed by atoms with Crippen molar-refractivity contribution in [2.75, 3.05) is 0 Å². The molecule has 0 spiro atoms. The first kappa shape index (κ1) is 7.53. The number of aromatic nitrogens is 2. The zero-order valence-corrected chi connectivity index (χ0v) is 7.15. The van der Waals surface area contributed by atoms with Crippen LogP contribution in [0.3, 0.4) is 0 Å². The lowest BCUT2D eigenvalue weighted by atomic mass is 10.2. The zero-order valence-electron chi connectivity index (χ0n) is 6.15. The molecule has 1 N–H and O–H groups in total. The van der Waals surface area contributed by atoms with Gasteiger partial charge >= 0.3 is 0 Å². The minimum absolute atomic E-state index is 0.825. The Balaban J connectivity index is 2.42. The SMILES string of the molecule is CCCCc1cnc([Si])[nH]1. The van der Waals surface area contributed by atoms with E-state index in [-0.39, 0.29) is 0 Å². The van der Waals surface area contributed by atoms with Crippen LogP contribution in [0.5, 0.6) is 0 Å². The highest BCUT2D eigenvalue weighted by molar-refractivity contribution is 6.29. The van der Waals surface area contributed by atoms with Crippen LogP contribution in [-0.4, -0.2) is 20.2 Å². The quantitative estimate of drug-likeness (QED) is 0.628. The van der Waals surface area contributed by atoms with E-state index in [2.05, 4.69) is 27.1 Å². The van der Waals surface area contributed by atoms with Crippen molar-refractivity contribution < 1.29 is 0 Å². The van der Waals surface area contributed by atoms with E-state index in [1.165, 1.54) is 18.5 Å². The second-order valence-electron chi connectivity index (χ2n) is 2.36. The molecule has 0 bridgehead atoms. The van der Waals surface area contributed by atoms with Crippen LogP contribution in [0.1, 0.15) is 25.5 Å². The summed E-state index contributed by atoms with van der Waals surface area (Å²) in [5.41, 5.74) is 2.04. The van der Waals surface area contributed by atoms with Gasteiger partial charge in [-0.2, -0.15) is 0 Å². The van der Waals surface area contributed by atoms with Gasteiger partial charge in [0.15, 0.2) is 0 Å². The Hall–Kier alpha value is -0.573. The van der Waals surface area contributed by atoms with Crippen LogP contribution in [0.15, 0.2) is 6.20 Å². The predicted molar refractivity (Wildman–Crippen MR) is 42.6 cm³/mol. The highest BCUT2D eigenvalue weighted by atomic mass is 28.1. The molecule has 2 nitrogen and oxygen atoms in total. The molecule has 0 amide bonds. The number of nitrogens with one attached hydrogen (secondary N) is 1. The lowest BCUT2D eigenvalue weighted by molar-refractivity contribution is 0.781. The maximum absolute atomic E-state index is 4.03. The first-order valence-electron chi connectivity index (χ1n) is 3.58. The molecule has 1 aromatic rings. The van der Waals surface area contributed by atoms with Gasteiger partial charge in [0.25, 0.3) is 0 Å². The van der Waals surface area contributed by atoms with E-state index in [1.807, 2.05) is 6.20 Å². The molecule has 0 fully saturated rings. The molecule has 0 unspecified atom stereocenters. The molecular weight excluding hydrogens is 140 g/mol. The fourth-order valence-corrected chi connectivity index (χ4v) is 1.08. The maximum Gasteiger partial charge on any atom is 0.125 e. The molecule has 53 valence electrons. The third-order valence-corrected chi connectivity index (χ3v) is 1.68. The average Bonchev–Trinajstić information content (AvgIpc) is 2.31. The summed E-state index contributed by atoms with van der Waals surface area (Å²) in [6.45, 7) is 2.19. The van der Waals surface area contributed by atoms with Crippen LogP contribution in [0.25, 0.3) is 0 Å². The van der Waals surface area contributed by atoms with Crippen LogP contribution >= 0.6 is 0 Å². The van der Waals surface area contributed by atoms with E-state index in [4.69, 9.17) is 0 Å². The molecule has 0 aromatic carbocycles. The monoisotopic (exact) mass is 151 g/mol. The average molecular weight is 151 g/mol. The van der Waals surface area contributed by atoms with E-state index >= 15 is 0 Å². The molecular formula is C7H11N2Si. The molecule has 10 heavy (non-hydrogen) atoms. The smallest absolute Gasteiger partial charge is 0.125 e. The van der Waals surface area contributed by atoms with Gasteiger partial charge in [-0.1, -0.05) is 13.3 Å². The number of imidazole rings is 1. The third-order valence-electron chi connectivity index (χ3n) is 1.43. The second-order valence-corrected chi connectivity index (χ2v) is 2.83. The normalized spacial score (nSPS) is 10.2. The van der Waals surface area contributed by atoms with Gasteiger partial charge in [-0.15, -0.1) is 0 Å². The fourth-order valence-electron chi connectivity index (χ4n) is 0.853. The van der Waals surface area contributed by atoms with Crippen molar-refractivity contribution >= 4 is 15.7 Å². The molecule has 1 heterocycles. The number of hydrogen-bond donors (Lipinski definition) is 1. The summed E-state index contributed by atoms with van der Waals surface area (Å²) in [5.74, 6) is 0. The van der Waals surface area contributed by atoms with Crippen molar-refractivity contribution in [1.29, 1.82) is 0 Å². The predicted octanol–water partition coefficient (Wildman–Crippen LogP) is 0.546. The van der Waals surface area contributed by atoms with Gasteiger partial charge in [0.1, 0.15) is 10.2 Å². The number of H-pyrrole nitrogens is 1. The number of aromatic amines is 1. The third kappa shape index (κ3) is 1.99. The molecule has 0 aliphatic rings. The van der Waals surface area contributed by atoms with Crippen LogP contribution in [-0.2, 0) is 6.42 Å². The molecule has 0 atom stereocenters. The van der Waals surface area contributed by atoms with E-state index in [9.17, 15) is 0 Å². The Morgan fingerprint density at radius 3 is 3.00 bits per heavy atom. The summed E-state index contributed by atoms with van der Waals surface area (Å²) < 4.78 is 0. The topological polar surface area (TPSA) is 28.7 Å². The van der Waals surface area contributed by atoms with Gasteiger partial charge in [-0.05, 0) is 12.8 Å². The molecule has 0 aliphatic heterocycles. The van der Waals surface area contributed by atoms with Gasteiger partial charge in [-0.25, -0.2) is 4.98 Å². The molecule has 3 heteroatoms. The lowest BCUT2D eigenvalue weighted by Crippen LogP contribution is -2.05. The summed E-state index contributed by atoms with van der Waals surface area (Å²) in [5, 5.41) is 0. The standard InChI is InChI=1S/C7H11N2Si/c1-2-3-4-6-5-8-7(10)9-6/h5H,2-4H2,1H3,(H,8,9). The van der Waals surface area contributed by atoms with Crippen LogP contribution in [0.4, 0.5) is 0 Å². The number of unbranched alkanes of at least 4 members (excludes halogenated alkanes) is 1. The fraction of sp³-hybridized carbons (Fsp3) is 0.571. The van der Waals surface area contributed by atoms with Gasteiger partial charge < -0.3 is 4.98 Å². The van der Waals surface area contributed by atoms with E-state index < -0.39 is 0 Å². The van der Waals surface area contributed by atoms with E-state index in [1.54, 1.807) is 0 Å². The lowest BCUT2D eigenvalue weighted by Gasteiger charge is -1.91. The molecule has 0 saturated heterocycles. The molecule has 0 saturated carbocycles. The molecule has 1 rings (SSSR count). The largest absolute Gasteiger partial charge is 0.351 e. The van der Waals surface area contributed by atoms with Gasteiger partial charge in [-0.3, -0.25) is 0 Å². The van der Waals surface area contributed by atoms with Gasteiger partial charge in [0.2, 0.25) is 0 Å². The highest BCUT2D eigenvalue weighted by Crippen LogP contribution is 1.97. The summed E-state index contributed by atoms with van der Waals surface area (Å²) >= 11 is 0. The number of aryl methyl sites for hydroxylation is 1. The van der Waals surface area contributed by atoms with Crippen molar-refractivity contribution in [3.8, 4) is 0 Å². The zero-order chi connectivity index (χ0) is 7.40. The summed E-state index contributed by atoms with van der Waals surface area (Å²) in [4.78, 5) is 7.14. The van der Waals surface area contributed by atoms with Crippen molar-refractivity contribution in [3.63, 3.8) is 0 Å². The molecule has 3 radical (unpaired) electrons. The summed E-state index contributed by atoms with van der Waals surface area (Å²) in [6, 6.07) is 0. The molecule has 1 aromatic heterocycles. The van der Waals surface area contributed by atoms with Crippen molar-refractivity contribution in [1.82, 2.24) is 9.97 Å². The first-order valence-corrected chi connectivity index (χ1v) is 4.08. The second kappa shape index (κ2) is 3.56. The maximum atomic E-state index is 4.03. The Kier molecular flexibility index (Phi) is 2.68. The minimum Gasteiger partial charge on any atom is -0.351 e. The number of hydrogen-bond acceptors (Lipinski definition) is 1. The number of nitrogens with zero attached hydrogens (tertiary/aromatic N) is 1. The van der Waals surface area contributed by atoms with Gasteiger partial charge in [0.05, 0.1) is 5.45 Å². The Morgan fingerprint density at radius 2 is 2.50 bits per heavy atom. The summed E-state index contributed by atoms with van der Waals surface area (Å²) in [6.07, 6.45) is 5.44. The van der Waals surface area contributed by atoms with Crippen LogP contribution in [0, 0.1) is 0 Å². The first-order chi connectivity index (χ1) is 4.83. The number of rotatable bonds is 3. The van der Waals surface area contributed by atoms with Crippen LogP contribution < -0.4 is 5.45 Å².